The highest BCUT2D eigenvalue weighted by Crippen LogP contribution is 2.35. The minimum atomic E-state index is 0.600. The molecule has 166 valence electrons. The van der Waals surface area contributed by atoms with Crippen molar-refractivity contribution >= 4 is 17.9 Å². The lowest BCUT2D eigenvalue weighted by atomic mass is 10.1. The summed E-state index contributed by atoms with van der Waals surface area (Å²) in [6.45, 7) is 6.00. The molecule has 0 atom stereocenters. The number of nitrogens with one attached hydrogen (secondary N) is 1. The second kappa shape index (κ2) is 9.86. The zero-order valence-electron chi connectivity index (χ0n) is 18.6. The predicted octanol–water partition coefficient (Wildman–Crippen LogP) is 4.81. The molecule has 0 aliphatic heterocycles. The first-order valence-electron chi connectivity index (χ1n) is 10.4. The molecular formula is C23H26N6O2S. The van der Waals surface area contributed by atoms with E-state index in [1.165, 1.54) is 11.9 Å². The highest BCUT2D eigenvalue weighted by atomic mass is 32.2. The number of methoxy groups -OCH3 is 1. The van der Waals surface area contributed by atoms with Crippen molar-refractivity contribution in [3.63, 3.8) is 0 Å². The van der Waals surface area contributed by atoms with Gasteiger partial charge in [0.15, 0.2) is 5.76 Å². The summed E-state index contributed by atoms with van der Waals surface area (Å²) >= 11 is 1.53. The predicted molar refractivity (Wildman–Crippen MR) is 126 cm³/mol. The lowest BCUT2D eigenvalue weighted by molar-refractivity contribution is 0.412. The van der Waals surface area contributed by atoms with Gasteiger partial charge in [-0.15, -0.1) is 10.2 Å². The number of anilines is 1. The van der Waals surface area contributed by atoms with Gasteiger partial charge in [0.1, 0.15) is 17.3 Å². The Morgan fingerprint density at radius 2 is 1.91 bits per heavy atom. The van der Waals surface area contributed by atoms with Crippen molar-refractivity contribution in [2.75, 3.05) is 17.6 Å². The quantitative estimate of drug-likeness (QED) is 0.287. The van der Waals surface area contributed by atoms with Crippen LogP contribution >= 0.6 is 11.9 Å². The molecule has 0 aliphatic carbocycles. The molecule has 3 heterocycles. The smallest absolute Gasteiger partial charge is 0.239 e. The lowest BCUT2D eigenvalue weighted by Gasteiger charge is -2.17. The molecule has 1 N–H and O–H groups in total. The molecule has 0 unspecified atom stereocenters. The van der Waals surface area contributed by atoms with Crippen LogP contribution in [0.2, 0.25) is 0 Å². The summed E-state index contributed by atoms with van der Waals surface area (Å²) < 4.78 is 16.9. The van der Waals surface area contributed by atoms with Gasteiger partial charge < -0.3 is 9.15 Å². The Bertz CT molecular complexity index is 1160. The van der Waals surface area contributed by atoms with Gasteiger partial charge in [0.05, 0.1) is 12.8 Å². The first-order chi connectivity index (χ1) is 15.6. The maximum Gasteiger partial charge on any atom is 0.239 e. The van der Waals surface area contributed by atoms with E-state index in [0.29, 0.717) is 17.5 Å². The normalized spacial score (nSPS) is 11.0. The Morgan fingerprint density at radius 1 is 1.09 bits per heavy atom. The summed E-state index contributed by atoms with van der Waals surface area (Å²) in [5.74, 6) is 5.01. The minimum Gasteiger partial charge on any atom is -0.495 e. The van der Waals surface area contributed by atoms with Crippen LogP contribution < -0.4 is 9.46 Å². The van der Waals surface area contributed by atoms with E-state index < -0.39 is 0 Å². The molecule has 4 aromatic rings. The van der Waals surface area contributed by atoms with E-state index in [0.717, 1.165) is 52.7 Å². The van der Waals surface area contributed by atoms with Crippen LogP contribution in [0.4, 0.5) is 5.95 Å². The highest BCUT2D eigenvalue weighted by Gasteiger charge is 2.22. The molecule has 0 fully saturated rings. The molecule has 0 aliphatic rings. The number of para-hydroxylation sites is 1. The van der Waals surface area contributed by atoms with Gasteiger partial charge in [0, 0.05) is 24.6 Å². The van der Waals surface area contributed by atoms with Gasteiger partial charge in [-0.3, -0.25) is 9.29 Å². The Labute approximate surface area is 191 Å². The minimum absolute atomic E-state index is 0.600. The number of aromatic nitrogens is 5. The average Bonchev–Trinajstić information content (AvgIpc) is 3.43. The Hall–Kier alpha value is -3.33. The summed E-state index contributed by atoms with van der Waals surface area (Å²) in [5, 5.41) is 8.86. The van der Waals surface area contributed by atoms with E-state index in [2.05, 4.69) is 37.9 Å². The third-order valence-corrected chi connectivity index (χ3v) is 5.69. The van der Waals surface area contributed by atoms with Gasteiger partial charge in [-0.2, -0.15) is 0 Å². The van der Waals surface area contributed by atoms with Crippen LogP contribution in [0.3, 0.4) is 0 Å². The third kappa shape index (κ3) is 4.62. The van der Waals surface area contributed by atoms with Crippen LogP contribution in [0.1, 0.15) is 29.6 Å². The summed E-state index contributed by atoms with van der Waals surface area (Å²) in [4.78, 5) is 8.73. The molecule has 0 amide bonds. The first kappa shape index (κ1) is 21.9. The molecule has 0 radical (unpaired) electrons. The van der Waals surface area contributed by atoms with Crippen molar-refractivity contribution in [1.29, 1.82) is 0 Å². The third-order valence-electron chi connectivity index (χ3n) is 4.96. The molecule has 32 heavy (non-hydrogen) atoms. The Kier molecular flexibility index (Phi) is 6.75. The van der Waals surface area contributed by atoms with Crippen LogP contribution in [-0.2, 0) is 12.8 Å². The molecule has 1 aromatic carbocycles. The van der Waals surface area contributed by atoms with Crippen molar-refractivity contribution in [3.8, 4) is 23.0 Å². The van der Waals surface area contributed by atoms with E-state index in [9.17, 15) is 0 Å². The van der Waals surface area contributed by atoms with Gasteiger partial charge in [-0.1, -0.05) is 19.1 Å². The number of nitrogens with zero attached hydrogens (tertiary/aromatic N) is 5. The first-order valence-corrected chi connectivity index (χ1v) is 11.4. The number of benzene rings is 1. The number of aryl methyl sites for hydroxylation is 4. The lowest BCUT2D eigenvalue weighted by Crippen LogP contribution is -2.08. The maximum atomic E-state index is 5.87. The van der Waals surface area contributed by atoms with Crippen LogP contribution in [0.15, 0.2) is 47.1 Å². The zero-order valence-corrected chi connectivity index (χ0v) is 19.4. The fourth-order valence-electron chi connectivity index (χ4n) is 3.35. The van der Waals surface area contributed by atoms with E-state index in [-0.39, 0.29) is 0 Å². The van der Waals surface area contributed by atoms with E-state index in [1.54, 1.807) is 7.11 Å². The second-order valence-electron chi connectivity index (χ2n) is 7.29. The molecule has 8 nitrogen and oxygen atoms in total. The fourth-order valence-corrected chi connectivity index (χ4v) is 4.00. The fraction of sp³-hybridized carbons (Fsp3) is 0.304. The van der Waals surface area contributed by atoms with Crippen LogP contribution in [-0.4, -0.2) is 37.6 Å². The average molecular weight is 451 g/mol. The van der Waals surface area contributed by atoms with E-state index in [4.69, 9.17) is 9.15 Å². The summed E-state index contributed by atoms with van der Waals surface area (Å²) in [6.07, 6.45) is 5.25. The monoisotopic (exact) mass is 450 g/mol. The van der Waals surface area contributed by atoms with E-state index in [1.807, 2.05) is 55.1 Å². The number of ether oxygens (including phenoxy) is 1. The van der Waals surface area contributed by atoms with Crippen LogP contribution in [0, 0.1) is 13.8 Å². The maximum absolute atomic E-state index is 5.87. The van der Waals surface area contributed by atoms with Crippen LogP contribution in [0.5, 0.6) is 5.75 Å². The highest BCUT2D eigenvalue weighted by molar-refractivity contribution is 8.00. The molecule has 0 bridgehead atoms. The molecule has 0 spiro atoms. The number of hydrogen-bond acceptors (Lipinski definition) is 8. The van der Waals surface area contributed by atoms with Crippen molar-refractivity contribution in [3.05, 3.63) is 65.4 Å². The molecule has 3 aromatic heterocycles. The largest absolute Gasteiger partial charge is 0.495 e. The van der Waals surface area contributed by atoms with Crippen molar-refractivity contribution < 1.29 is 9.15 Å². The van der Waals surface area contributed by atoms with Gasteiger partial charge in [-0.25, -0.2) is 9.97 Å². The molecule has 4 rings (SSSR count). The number of furan rings is 1. The van der Waals surface area contributed by atoms with Gasteiger partial charge in [-0.05, 0) is 61.5 Å². The van der Waals surface area contributed by atoms with Gasteiger partial charge in [0.2, 0.25) is 11.8 Å². The summed E-state index contributed by atoms with van der Waals surface area (Å²) in [5.41, 5.74) is 3.07. The standard InChI is InChI=1S/C23H26N6O2S/c1-5-17-7-6-8-18(30-4)21(17)29-22(19-10-9-16(3)31-19)26-27-23(29)28-32-12-11-20-24-13-15(2)14-25-20/h6-10,13-14H,5,11-12H2,1-4H3,(H,27,28). The summed E-state index contributed by atoms with van der Waals surface area (Å²) in [7, 11) is 1.67. The topological polar surface area (TPSA) is 90.9 Å². The van der Waals surface area contributed by atoms with E-state index >= 15 is 0 Å². The molecule has 0 saturated carbocycles. The van der Waals surface area contributed by atoms with Crippen LogP contribution in [0.25, 0.3) is 17.3 Å². The summed E-state index contributed by atoms with van der Waals surface area (Å²) in [6, 6.07) is 9.84. The Morgan fingerprint density at radius 3 is 2.59 bits per heavy atom. The van der Waals surface area contributed by atoms with Crippen molar-refractivity contribution in [2.45, 2.75) is 33.6 Å². The second-order valence-corrected chi connectivity index (χ2v) is 8.19. The Balaban J connectivity index is 1.65. The SMILES string of the molecule is CCc1cccc(OC)c1-n1c(NSCCc2ncc(C)cn2)nnc1-c1ccc(C)o1. The van der Waals surface area contributed by atoms with Gasteiger partial charge >= 0.3 is 0 Å². The van der Waals surface area contributed by atoms with Crippen molar-refractivity contribution in [1.82, 2.24) is 24.7 Å². The van der Waals surface area contributed by atoms with Crippen molar-refractivity contribution in [2.24, 2.45) is 0 Å². The zero-order chi connectivity index (χ0) is 22.5. The molecule has 0 saturated heterocycles. The molecule has 9 heteroatoms. The number of rotatable bonds is 9. The van der Waals surface area contributed by atoms with Gasteiger partial charge in [0.25, 0.3) is 0 Å². The number of hydrogen-bond donors (Lipinski definition) is 1. The molecular weight excluding hydrogens is 424 g/mol.